The normalized spacial score (nSPS) is 14.3. The molecule has 0 aromatic heterocycles. The molecule has 0 bridgehead atoms. The molecule has 30 heavy (non-hydrogen) atoms. The average Bonchev–Trinajstić information content (AvgIpc) is 2.73. The van der Waals surface area contributed by atoms with Gasteiger partial charge in [-0.1, -0.05) is 17.7 Å². The van der Waals surface area contributed by atoms with Crippen LogP contribution in [0.1, 0.15) is 34.3 Å². The van der Waals surface area contributed by atoms with Gasteiger partial charge in [0.05, 0.1) is 6.54 Å². The van der Waals surface area contributed by atoms with Crippen molar-refractivity contribution in [2.75, 3.05) is 30.3 Å². The molecule has 0 aliphatic carbocycles. The number of nitrogens with zero attached hydrogens (tertiary/aromatic N) is 1. The van der Waals surface area contributed by atoms with Crippen molar-refractivity contribution in [1.82, 2.24) is 4.90 Å². The van der Waals surface area contributed by atoms with E-state index in [1.165, 1.54) is 5.56 Å². The van der Waals surface area contributed by atoms with E-state index in [1.807, 2.05) is 26.0 Å². The molecule has 1 aliphatic heterocycles. The minimum Gasteiger partial charge on any atom is -0.376 e. The van der Waals surface area contributed by atoms with Gasteiger partial charge in [0.15, 0.2) is 0 Å². The topological polar surface area (TPSA) is 105 Å². The summed E-state index contributed by atoms with van der Waals surface area (Å²) in [6, 6.07) is 12.9. The Balaban J connectivity index is 1.51. The van der Waals surface area contributed by atoms with Crippen LogP contribution in [-0.2, 0) is 9.59 Å². The molecule has 1 aliphatic rings. The second-order valence-corrected chi connectivity index (χ2v) is 7.77. The van der Waals surface area contributed by atoms with E-state index in [9.17, 15) is 14.4 Å². The van der Waals surface area contributed by atoms with E-state index in [1.54, 1.807) is 29.2 Å². The molecule has 7 heteroatoms. The minimum atomic E-state index is -0.297. The number of aryl methyl sites for hydroxylation is 2. The molecule has 0 unspecified atom stereocenters. The van der Waals surface area contributed by atoms with E-state index < -0.39 is 0 Å². The number of primary amides is 1. The fourth-order valence-corrected chi connectivity index (χ4v) is 3.64. The number of carbonyl (C=O) groups excluding carboxylic acids is 3. The lowest BCUT2D eigenvalue weighted by Crippen LogP contribution is -2.41. The average molecular weight is 409 g/mol. The van der Waals surface area contributed by atoms with Gasteiger partial charge in [-0.25, -0.2) is 0 Å². The first kappa shape index (κ1) is 21.4. The maximum atomic E-state index is 12.6. The molecule has 7 nitrogen and oxygen atoms in total. The summed E-state index contributed by atoms with van der Waals surface area (Å²) in [4.78, 5) is 37.9. The van der Waals surface area contributed by atoms with Crippen LogP contribution < -0.4 is 16.4 Å². The first-order chi connectivity index (χ1) is 14.3. The van der Waals surface area contributed by atoms with E-state index >= 15 is 0 Å². The quantitative estimate of drug-likeness (QED) is 0.683. The highest BCUT2D eigenvalue weighted by atomic mass is 16.2. The molecule has 2 aromatic carbocycles. The number of carbonyl (C=O) groups is 3. The number of hydrogen-bond donors (Lipinski definition) is 3. The Morgan fingerprint density at radius 2 is 1.70 bits per heavy atom. The van der Waals surface area contributed by atoms with Crippen molar-refractivity contribution >= 4 is 29.1 Å². The number of piperidine rings is 1. The fourth-order valence-electron chi connectivity index (χ4n) is 3.64. The van der Waals surface area contributed by atoms with E-state index in [2.05, 4.69) is 16.7 Å². The highest BCUT2D eigenvalue weighted by Crippen LogP contribution is 2.20. The Morgan fingerprint density at radius 1 is 1.03 bits per heavy atom. The highest BCUT2D eigenvalue weighted by molar-refractivity contribution is 5.97. The van der Waals surface area contributed by atoms with Crippen molar-refractivity contribution in [3.8, 4) is 0 Å². The Kier molecular flexibility index (Phi) is 6.72. The molecule has 1 heterocycles. The van der Waals surface area contributed by atoms with Crippen molar-refractivity contribution < 1.29 is 14.4 Å². The number of benzene rings is 2. The maximum absolute atomic E-state index is 12.6. The van der Waals surface area contributed by atoms with Gasteiger partial charge in [0.1, 0.15) is 0 Å². The Hall–Kier alpha value is -3.35. The van der Waals surface area contributed by atoms with Crippen molar-refractivity contribution in [2.45, 2.75) is 26.7 Å². The van der Waals surface area contributed by atoms with Crippen LogP contribution in [0.5, 0.6) is 0 Å². The largest absolute Gasteiger partial charge is 0.376 e. The summed E-state index contributed by atoms with van der Waals surface area (Å²) in [5, 5.41) is 5.97. The van der Waals surface area contributed by atoms with E-state index in [0.717, 1.165) is 11.3 Å². The van der Waals surface area contributed by atoms with Gasteiger partial charge >= 0.3 is 0 Å². The number of anilines is 2. The lowest BCUT2D eigenvalue weighted by atomic mass is 9.96. The lowest BCUT2D eigenvalue weighted by Gasteiger charge is -2.30. The summed E-state index contributed by atoms with van der Waals surface area (Å²) in [7, 11) is 0. The number of amides is 3. The lowest BCUT2D eigenvalue weighted by molar-refractivity contribution is -0.123. The molecule has 4 N–H and O–H groups in total. The minimum absolute atomic E-state index is 0.0766. The number of nitrogens with two attached hydrogens (primary N) is 1. The van der Waals surface area contributed by atoms with Crippen molar-refractivity contribution in [3.63, 3.8) is 0 Å². The van der Waals surface area contributed by atoms with E-state index in [-0.39, 0.29) is 30.2 Å². The molecular formula is C23H28N4O3. The SMILES string of the molecule is Cc1ccc(NCC(=O)Nc2ccc(C(=O)N3CCC(C(N)=O)CC3)cc2)c(C)c1. The molecule has 3 amide bonds. The maximum Gasteiger partial charge on any atom is 0.253 e. The molecule has 2 aromatic rings. The van der Waals surface area contributed by atoms with Crippen molar-refractivity contribution in [2.24, 2.45) is 11.7 Å². The van der Waals surface area contributed by atoms with Crippen molar-refractivity contribution in [1.29, 1.82) is 0 Å². The van der Waals surface area contributed by atoms with Gasteiger partial charge in [0.25, 0.3) is 5.91 Å². The van der Waals surface area contributed by atoms with Gasteiger partial charge in [0.2, 0.25) is 11.8 Å². The molecule has 0 atom stereocenters. The summed E-state index contributed by atoms with van der Waals surface area (Å²) >= 11 is 0. The number of hydrogen-bond acceptors (Lipinski definition) is 4. The molecule has 0 spiro atoms. The first-order valence-corrected chi connectivity index (χ1v) is 10.1. The molecule has 158 valence electrons. The third kappa shape index (κ3) is 5.37. The molecule has 3 rings (SSSR count). The Labute approximate surface area is 176 Å². The van der Waals surface area contributed by atoms with Gasteiger partial charge in [0, 0.05) is 35.9 Å². The van der Waals surface area contributed by atoms with Crippen LogP contribution in [0.15, 0.2) is 42.5 Å². The van der Waals surface area contributed by atoms with Gasteiger partial charge in [-0.3, -0.25) is 14.4 Å². The number of likely N-dealkylation sites (tertiary alicyclic amines) is 1. The van der Waals surface area contributed by atoms with Gasteiger partial charge < -0.3 is 21.3 Å². The Morgan fingerprint density at radius 3 is 2.30 bits per heavy atom. The van der Waals surface area contributed by atoms with Crippen LogP contribution in [0.3, 0.4) is 0 Å². The van der Waals surface area contributed by atoms with Crippen LogP contribution >= 0.6 is 0 Å². The van der Waals surface area contributed by atoms with Gasteiger partial charge in [-0.05, 0) is 62.6 Å². The molecular weight excluding hydrogens is 380 g/mol. The van der Waals surface area contributed by atoms with Crippen molar-refractivity contribution in [3.05, 3.63) is 59.2 Å². The first-order valence-electron chi connectivity index (χ1n) is 10.1. The second kappa shape index (κ2) is 9.43. The van der Waals surface area contributed by atoms with E-state index in [0.29, 0.717) is 37.2 Å². The van der Waals surface area contributed by atoms with Crippen LogP contribution in [0.4, 0.5) is 11.4 Å². The zero-order valence-electron chi connectivity index (χ0n) is 17.4. The summed E-state index contributed by atoms with van der Waals surface area (Å²) in [6.07, 6.45) is 1.20. The number of rotatable bonds is 6. The Bertz CT molecular complexity index is 932. The highest BCUT2D eigenvalue weighted by Gasteiger charge is 2.26. The van der Waals surface area contributed by atoms with Crippen LogP contribution in [-0.4, -0.2) is 42.3 Å². The van der Waals surface area contributed by atoms with Crippen LogP contribution in [0, 0.1) is 19.8 Å². The predicted octanol–water partition coefficient (Wildman–Crippen LogP) is 2.69. The summed E-state index contributed by atoms with van der Waals surface area (Å²) in [6.45, 7) is 5.23. The third-order valence-electron chi connectivity index (χ3n) is 5.42. The monoisotopic (exact) mass is 408 g/mol. The molecule has 0 radical (unpaired) electrons. The van der Waals surface area contributed by atoms with Crippen LogP contribution in [0.2, 0.25) is 0 Å². The second-order valence-electron chi connectivity index (χ2n) is 7.77. The smallest absolute Gasteiger partial charge is 0.253 e. The third-order valence-corrected chi connectivity index (χ3v) is 5.42. The summed E-state index contributed by atoms with van der Waals surface area (Å²) < 4.78 is 0. The standard InChI is InChI=1S/C23H28N4O3/c1-15-3-8-20(16(2)13-15)25-14-21(28)26-19-6-4-18(5-7-19)23(30)27-11-9-17(10-12-27)22(24)29/h3-8,13,17,25H,9-12,14H2,1-2H3,(H2,24,29)(H,26,28). The fraction of sp³-hybridized carbons (Fsp3) is 0.348. The molecule has 1 saturated heterocycles. The van der Waals surface area contributed by atoms with Gasteiger partial charge in [-0.2, -0.15) is 0 Å². The zero-order chi connectivity index (χ0) is 21.7. The molecule has 1 fully saturated rings. The predicted molar refractivity (Wildman–Crippen MR) is 117 cm³/mol. The van der Waals surface area contributed by atoms with Gasteiger partial charge in [-0.15, -0.1) is 0 Å². The van der Waals surface area contributed by atoms with E-state index in [4.69, 9.17) is 5.73 Å². The summed E-state index contributed by atoms with van der Waals surface area (Å²) in [5.74, 6) is -0.687. The number of nitrogens with one attached hydrogen (secondary N) is 2. The molecule has 0 saturated carbocycles. The summed E-state index contributed by atoms with van der Waals surface area (Å²) in [5.41, 5.74) is 9.72. The zero-order valence-corrected chi connectivity index (χ0v) is 17.4. The van der Waals surface area contributed by atoms with Crippen LogP contribution in [0.25, 0.3) is 0 Å².